The zero-order valence-electron chi connectivity index (χ0n) is 9.59. The molecule has 2 N–H and O–H groups in total. The van der Waals surface area contributed by atoms with Gasteiger partial charge in [0.2, 0.25) is 0 Å². The zero-order valence-corrected chi connectivity index (χ0v) is 9.59. The topological polar surface area (TPSA) is 70.3 Å². The average Bonchev–Trinajstić information content (AvgIpc) is 2.20. The smallest absolute Gasteiger partial charge is 0.316 e. The van der Waals surface area contributed by atoms with E-state index < -0.39 is 0 Å². The second-order valence-electron chi connectivity index (χ2n) is 4.27. The first-order chi connectivity index (χ1) is 7.63. The van der Waals surface area contributed by atoms with Gasteiger partial charge in [-0.25, -0.2) is 9.97 Å². The molecule has 0 bridgehead atoms. The first-order valence-corrected chi connectivity index (χ1v) is 5.53. The molecule has 1 aliphatic heterocycles. The summed E-state index contributed by atoms with van der Waals surface area (Å²) in [5.41, 5.74) is 6.05. The van der Waals surface area contributed by atoms with E-state index in [9.17, 15) is 0 Å². The Morgan fingerprint density at radius 1 is 1.25 bits per heavy atom. The van der Waals surface area contributed by atoms with E-state index in [-0.39, 0.29) is 18.3 Å². The number of nitrogens with zero attached hydrogens (tertiary/aromatic N) is 2. The van der Waals surface area contributed by atoms with Gasteiger partial charge < -0.3 is 15.2 Å². The van der Waals surface area contributed by atoms with Crippen molar-refractivity contribution in [3.8, 4) is 6.01 Å². The number of nitrogen functional groups attached to an aromatic ring is 1. The normalized spacial score (nSPS) is 30.0. The molecule has 2 rings (SSSR count). The molecule has 1 aromatic heterocycles. The summed E-state index contributed by atoms with van der Waals surface area (Å²) >= 11 is 0. The molecule has 1 aliphatic rings. The number of nitrogens with two attached hydrogens (primary N) is 1. The van der Waals surface area contributed by atoms with Crippen molar-refractivity contribution in [3.63, 3.8) is 0 Å². The minimum atomic E-state index is 0.127. The van der Waals surface area contributed by atoms with Crippen LogP contribution in [0.5, 0.6) is 6.01 Å². The fraction of sp³-hybridized carbons (Fsp3) is 0.636. The third-order valence-electron chi connectivity index (χ3n) is 2.57. The summed E-state index contributed by atoms with van der Waals surface area (Å²) in [5.74, 6) is 0. The van der Waals surface area contributed by atoms with Crippen LogP contribution in [0.1, 0.15) is 26.7 Å². The van der Waals surface area contributed by atoms with Gasteiger partial charge in [0.1, 0.15) is 6.10 Å². The Balaban J connectivity index is 1.96. The van der Waals surface area contributed by atoms with Crippen LogP contribution in [0.15, 0.2) is 12.4 Å². The van der Waals surface area contributed by atoms with Crippen molar-refractivity contribution >= 4 is 5.69 Å². The van der Waals surface area contributed by atoms with E-state index in [1.165, 1.54) is 0 Å². The molecule has 2 unspecified atom stereocenters. The van der Waals surface area contributed by atoms with E-state index in [0.717, 1.165) is 12.8 Å². The quantitative estimate of drug-likeness (QED) is 0.820. The third kappa shape index (κ3) is 2.82. The second kappa shape index (κ2) is 4.65. The molecule has 0 aromatic carbocycles. The van der Waals surface area contributed by atoms with Crippen molar-refractivity contribution in [3.05, 3.63) is 12.4 Å². The van der Waals surface area contributed by atoms with E-state index in [1.54, 1.807) is 12.4 Å². The summed E-state index contributed by atoms with van der Waals surface area (Å²) in [6.07, 6.45) is 5.42. The van der Waals surface area contributed by atoms with Crippen LogP contribution >= 0.6 is 0 Å². The lowest BCUT2D eigenvalue weighted by Gasteiger charge is -2.31. The number of ether oxygens (including phenoxy) is 2. The van der Waals surface area contributed by atoms with Gasteiger partial charge in [-0.15, -0.1) is 0 Å². The van der Waals surface area contributed by atoms with Gasteiger partial charge in [0.05, 0.1) is 30.3 Å². The van der Waals surface area contributed by atoms with Gasteiger partial charge >= 0.3 is 6.01 Å². The van der Waals surface area contributed by atoms with Crippen LogP contribution in [0.4, 0.5) is 5.69 Å². The fourth-order valence-corrected chi connectivity index (χ4v) is 1.98. The maximum atomic E-state index is 5.69. The Morgan fingerprint density at radius 3 is 2.38 bits per heavy atom. The van der Waals surface area contributed by atoms with E-state index in [0.29, 0.717) is 11.7 Å². The third-order valence-corrected chi connectivity index (χ3v) is 2.57. The summed E-state index contributed by atoms with van der Waals surface area (Å²) in [6.45, 7) is 4.10. The van der Waals surface area contributed by atoms with Gasteiger partial charge in [-0.05, 0) is 13.8 Å². The Hall–Kier alpha value is -1.36. The van der Waals surface area contributed by atoms with Crippen molar-refractivity contribution in [2.24, 2.45) is 0 Å². The van der Waals surface area contributed by atoms with Crippen molar-refractivity contribution in [1.82, 2.24) is 9.97 Å². The van der Waals surface area contributed by atoms with Crippen molar-refractivity contribution in [2.45, 2.75) is 45.0 Å². The molecule has 2 heterocycles. The highest BCUT2D eigenvalue weighted by molar-refractivity contribution is 5.30. The lowest BCUT2D eigenvalue weighted by molar-refractivity contribution is -0.0738. The highest BCUT2D eigenvalue weighted by atomic mass is 16.5. The van der Waals surface area contributed by atoms with E-state index >= 15 is 0 Å². The summed E-state index contributed by atoms with van der Waals surface area (Å²) in [4.78, 5) is 8.05. The van der Waals surface area contributed by atoms with Crippen molar-refractivity contribution < 1.29 is 9.47 Å². The standard InChI is InChI=1S/C11H17N3O2/c1-7-3-10(4-8(2)15-7)16-11-13-5-9(12)6-14-11/h5-8,10H,3-4,12H2,1-2H3. The predicted molar refractivity (Wildman–Crippen MR) is 60.1 cm³/mol. The summed E-state index contributed by atoms with van der Waals surface area (Å²) in [7, 11) is 0. The molecular formula is C11H17N3O2. The van der Waals surface area contributed by atoms with Gasteiger partial charge in [-0.2, -0.15) is 0 Å². The molecule has 1 fully saturated rings. The molecule has 5 nitrogen and oxygen atoms in total. The first kappa shape index (κ1) is 11.1. The van der Waals surface area contributed by atoms with Crippen LogP contribution in [0.3, 0.4) is 0 Å². The van der Waals surface area contributed by atoms with E-state index in [4.69, 9.17) is 15.2 Å². The van der Waals surface area contributed by atoms with Crippen LogP contribution in [0, 0.1) is 0 Å². The van der Waals surface area contributed by atoms with Crippen LogP contribution in [0.25, 0.3) is 0 Å². The fourth-order valence-electron chi connectivity index (χ4n) is 1.98. The number of aromatic nitrogens is 2. The van der Waals surface area contributed by atoms with Gasteiger partial charge in [-0.3, -0.25) is 0 Å². The summed E-state index contributed by atoms with van der Waals surface area (Å²) < 4.78 is 11.3. The van der Waals surface area contributed by atoms with Crippen LogP contribution in [-0.2, 0) is 4.74 Å². The Labute approximate surface area is 95.0 Å². The Bertz CT molecular complexity index is 332. The molecule has 0 saturated carbocycles. The second-order valence-corrected chi connectivity index (χ2v) is 4.27. The summed E-state index contributed by atoms with van der Waals surface area (Å²) in [5, 5.41) is 0. The minimum Gasteiger partial charge on any atom is -0.460 e. The van der Waals surface area contributed by atoms with Crippen LogP contribution < -0.4 is 10.5 Å². The number of rotatable bonds is 2. The van der Waals surface area contributed by atoms with Gasteiger partial charge in [0.25, 0.3) is 0 Å². The lowest BCUT2D eigenvalue weighted by atomic mass is 10.0. The molecule has 0 aliphatic carbocycles. The molecule has 0 amide bonds. The molecule has 16 heavy (non-hydrogen) atoms. The number of hydrogen-bond acceptors (Lipinski definition) is 5. The van der Waals surface area contributed by atoms with Crippen molar-refractivity contribution in [2.75, 3.05) is 5.73 Å². The highest BCUT2D eigenvalue weighted by Crippen LogP contribution is 2.22. The largest absolute Gasteiger partial charge is 0.460 e. The maximum absolute atomic E-state index is 5.69. The molecule has 0 spiro atoms. The van der Waals surface area contributed by atoms with E-state index in [2.05, 4.69) is 23.8 Å². The summed E-state index contributed by atoms with van der Waals surface area (Å²) in [6, 6.07) is 0.389. The Kier molecular flexibility index (Phi) is 3.24. The molecule has 2 atom stereocenters. The monoisotopic (exact) mass is 223 g/mol. The molecule has 0 radical (unpaired) electrons. The molecule has 1 saturated heterocycles. The van der Waals surface area contributed by atoms with Gasteiger partial charge in [-0.1, -0.05) is 0 Å². The molecular weight excluding hydrogens is 206 g/mol. The highest BCUT2D eigenvalue weighted by Gasteiger charge is 2.26. The van der Waals surface area contributed by atoms with E-state index in [1.807, 2.05) is 0 Å². The minimum absolute atomic E-state index is 0.127. The predicted octanol–water partition coefficient (Wildman–Crippen LogP) is 1.39. The number of anilines is 1. The van der Waals surface area contributed by atoms with Gasteiger partial charge in [0.15, 0.2) is 0 Å². The Morgan fingerprint density at radius 2 is 1.81 bits per heavy atom. The molecule has 5 heteroatoms. The van der Waals surface area contributed by atoms with Crippen LogP contribution in [-0.4, -0.2) is 28.3 Å². The van der Waals surface area contributed by atoms with Crippen LogP contribution in [0.2, 0.25) is 0 Å². The van der Waals surface area contributed by atoms with Crippen molar-refractivity contribution in [1.29, 1.82) is 0 Å². The molecule has 88 valence electrons. The number of hydrogen-bond donors (Lipinski definition) is 1. The molecule has 1 aromatic rings. The average molecular weight is 223 g/mol. The lowest BCUT2D eigenvalue weighted by Crippen LogP contribution is -2.36. The van der Waals surface area contributed by atoms with Gasteiger partial charge in [0, 0.05) is 12.8 Å². The maximum Gasteiger partial charge on any atom is 0.316 e. The zero-order chi connectivity index (χ0) is 11.5. The SMILES string of the molecule is CC1CC(Oc2ncc(N)cn2)CC(C)O1. The first-order valence-electron chi connectivity index (χ1n) is 5.53.